The van der Waals surface area contributed by atoms with Crippen molar-refractivity contribution in [3.63, 3.8) is 0 Å². The van der Waals surface area contributed by atoms with Crippen LogP contribution in [-0.2, 0) is 11.3 Å². The molecule has 0 aliphatic heterocycles. The highest BCUT2D eigenvalue weighted by atomic mass is 16.1. The molecule has 0 unspecified atom stereocenters. The molecule has 3 aromatic rings. The van der Waals surface area contributed by atoms with Gasteiger partial charge in [0.15, 0.2) is 0 Å². The second-order valence-corrected chi connectivity index (χ2v) is 5.82. The minimum atomic E-state index is -0.00419. The number of nitrogens with zero attached hydrogens (tertiary/aromatic N) is 1. The first kappa shape index (κ1) is 14.4. The van der Waals surface area contributed by atoms with Gasteiger partial charge in [0.2, 0.25) is 5.91 Å². The highest BCUT2D eigenvalue weighted by Crippen LogP contribution is 2.20. The van der Waals surface area contributed by atoms with Crippen LogP contribution in [0.1, 0.15) is 16.7 Å². The van der Waals surface area contributed by atoms with E-state index in [1.807, 2.05) is 42.8 Å². The molecule has 1 heterocycles. The lowest BCUT2D eigenvalue weighted by atomic mass is 10.1. The second kappa shape index (κ2) is 5.68. The van der Waals surface area contributed by atoms with Crippen LogP contribution >= 0.6 is 0 Å². The topological polar surface area (TPSA) is 34.0 Å². The lowest BCUT2D eigenvalue weighted by Gasteiger charge is -2.12. The third-order valence-corrected chi connectivity index (χ3v) is 3.99. The van der Waals surface area contributed by atoms with Gasteiger partial charge in [0, 0.05) is 17.4 Å². The fourth-order valence-electron chi connectivity index (χ4n) is 2.80. The van der Waals surface area contributed by atoms with E-state index in [1.54, 1.807) is 0 Å². The Morgan fingerprint density at radius 1 is 1.05 bits per heavy atom. The molecule has 1 amide bonds. The third kappa shape index (κ3) is 2.75. The monoisotopic (exact) mass is 292 g/mol. The number of aromatic nitrogens is 1. The Bertz CT molecular complexity index is 826. The molecule has 0 atom stereocenters. The lowest BCUT2D eigenvalue weighted by molar-refractivity contribution is -0.116. The Kier molecular flexibility index (Phi) is 3.72. The molecule has 2 aromatic carbocycles. The largest absolute Gasteiger partial charge is 0.338 e. The Hall–Kier alpha value is -2.55. The molecule has 112 valence electrons. The fourth-order valence-corrected chi connectivity index (χ4v) is 2.80. The van der Waals surface area contributed by atoms with Gasteiger partial charge in [0.05, 0.1) is 0 Å². The van der Waals surface area contributed by atoms with Gasteiger partial charge in [-0.15, -0.1) is 0 Å². The normalized spacial score (nSPS) is 10.9. The van der Waals surface area contributed by atoms with Crippen molar-refractivity contribution in [2.24, 2.45) is 0 Å². The highest BCUT2D eigenvalue weighted by molar-refractivity contribution is 5.93. The number of anilines is 1. The van der Waals surface area contributed by atoms with E-state index >= 15 is 0 Å². The molecule has 0 spiro atoms. The van der Waals surface area contributed by atoms with Crippen molar-refractivity contribution in [3.05, 3.63) is 65.4 Å². The molecule has 0 aliphatic carbocycles. The Labute approximate surface area is 130 Å². The number of fused-ring (bicyclic) bond motifs is 1. The number of para-hydroxylation sites is 1. The van der Waals surface area contributed by atoms with Crippen molar-refractivity contribution in [2.45, 2.75) is 27.3 Å². The summed E-state index contributed by atoms with van der Waals surface area (Å²) in [4.78, 5) is 12.4. The summed E-state index contributed by atoms with van der Waals surface area (Å²) in [6.45, 7) is 6.41. The van der Waals surface area contributed by atoms with E-state index in [1.165, 1.54) is 10.9 Å². The molecule has 22 heavy (non-hydrogen) atoms. The third-order valence-electron chi connectivity index (χ3n) is 3.99. The van der Waals surface area contributed by atoms with E-state index in [0.717, 1.165) is 22.3 Å². The van der Waals surface area contributed by atoms with Crippen molar-refractivity contribution >= 4 is 22.5 Å². The molecule has 0 aliphatic rings. The van der Waals surface area contributed by atoms with Crippen molar-refractivity contribution in [3.8, 4) is 0 Å². The first-order chi connectivity index (χ1) is 10.5. The average molecular weight is 292 g/mol. The smallest absolute Gasteiger partial charge is 0.244 e. The van der Waals surface area contributed by atoms with Crippen LogP contribution in [0.4, 0.5) is 5.69 Å². The van der Waals surface area contributed by atoms with Crippen LogP contribution in [0, 0.1) is 20.8 Å². The zero-order valence-electron chi connectivity index (χ0n) is 13.2. The highest BCUT2D eigenvalue weighted by Gasteiger charge is 2.09. The predicted octanol–water partition coefficient (Wildman–Crippen LogP) is 4.21. The molecule has 3 nitrogen and oxygen atoms in total. The average Bonchev–Trinajstić information content (AvgIpc) is 2.85. The van der Waals surface area contributed by atoms with Gasteiger partial charge in [-0.25, -0.2) is 0 Å². The molecule has 1 aromatic heterocycles. The Morgan fingerprint density at radius 2 is 1.77 bits per heavy atom. The SMILES string of the molecule is Cc1ccc2c(ccn2CC(=O)Nc2c(C)cccc2C)c1. The lowest BCUT2D eigenvalue weighted by Crippen LogP contribution is -2.19. The summed E-state index contributed by atoms with van der Waals surface area (Å²) in [5.41, 5.74) is 5.40. The maximum atomic E-state index is 12.4. The molecular formula is C19H20N2O. The van der Waals surface area contributed by atoms with Gasteiger partial charge in [0.1, 0.15) is 6.54 Å². The fraction of sp³-hybridized carbons (Fsp3) is 0.211. The van der Waals surface area contributed by atoms with Crippen LogP contribution < -0.4 is 5.32 Å². The van der Waals surface area contributed by atoms with E-state index < -0.39 is 0 Å². The Morgan fingerprint density at radius 3 is 2.50 bits per heavy atom. The number of hydrogen-bond donors (Lipinski definition) is 1. The summed E-state index contributed by atoms with van der Waals surface area (Å²) in [5.74, 6) is -0.00419. The van der Waals surface area contributed by atoms with Crippen molar-refractivity contribution in [1.82, 2.24) is 4.57 Å². The number of carbonyl (C=O) groups excluding carboxylic acids is 1. The number of nitrogens with one attached hydrogen (secondary N) is 1. The van der Waals surface area contributed by atoms with Crippen LogP contribution in [-0.4, -0.2) is 10.5 Å². The van der Waals surface area contributed by atoms with Gasteiger partial charge < -0.3 is 9.88 Å². The Balaban J connectivity index is 1.82. The summed E-state index contributed by atoms with van der Waals surface area (Å²) in [5, 5.41) is 4.20. The number of aryl methyl sites for hydroxylation is 3. The van der Waals surface area contributed by atoms with Gasteiger partial charge in [-0.1, -0.05) is 29.8 Å². The molecule has 1 N–H and O–H groups in total. The maximum Gasteiger partial charge on any atom is 0.244 e. The van der Waals surface area contributed by atoms with Gasteiger partial charge in [-0.3, -0.25) is 4.79 Å². The molecule has 0 saturated heterocycles. The zero-order valence-corrected chi connectivity index (χ0v) is 13.2. The van der Waals surface area contributed by atoms with Crippen LogP contribution in [0.3, 0.4) is 0 Å². The van der Waals surface area contributed by atoms with Gasteiger partial charge in [-0.05, 0) is 55.5 Å². The maximum absolute atomic E-state index is 12.4. The van der Waals surface area contributed by atoms with E-state index in [2.05, 4.69) is 36.5 Å². The first-order valence-corrected chi connectivity index (χ1v) is 7.46. The van der Waals surface area contributed by atoms with Crippen LogP contribution in [0.15, 0.2) is 48.7 Å². The quantitative estimate of drug-likeness (QED) is 0.771. The minimum absolute atomic E-state index is 0.00419. The van der Waals surface area contributed by atoms with Crippen LogP contribution in [0.25, 0.3) is 10.9 Å². The van der Waals surface area contributed by atoms with E-state index in [0.29, 0.717) is 6.54 Å². The zero-order chi connectivity index (χ0) is 15.7. The van der Waals surface area contributed by atoms with Crippen LogP contribution in [0.5, 0.6) is 0 Å². The van der Waals surface area contributed by atoms with Gasteiger partial charge in [0.25, 0.3) is 0 Å². The van der Waals surface area contributed by atoms with E-state index in [-0.39, 0.29) is 5.91 Å². The summed E-state index contributed by atoms with van der Waals surface area (Å²) >= 11 is 0. The number of hydrogen-bond acceptors (Lipinski definition) is 1. The molecule has 3 rings (SSSR count). The van der Waals surface area contributed by atoms with Crippen molar-refractivity contribution in [1.29, 1.82) is 0 Å². The number of rotatable bonds is 3. The molecule has 0 bridgehead atoms. The van der Waals surface area contributed by atoms with Crippen molar-refractivity contribution in [2.75, 3.05) is 5.32 Å². The number of amides is 1. The summed E-state index contributed by atoms with van der Waals surface area (Å²) in [6, 6.07) is 14.3. The van der Waals surface area contributed by atoms with E-state index in [9.17, 15) is 4.79 Å². The number of benzene rings is 2. The minimum Gasteiger partial charge on any atom is -0.338 e. The first-order valence-electron chi connectivity index (χ1n) is 7.46. The second-order valence-electron chi connectivity index (χ2n) is 5.82. The summed E-state index contributed by atoms with van der Waals surface area (Å²) in [6.07, 6.45) is 1.97. The molecule has 0 fully saturated rings. The summed E-state index contributed by atoms with van der Waals surface area (Å²) in [7, 11) is 0. The standard InChI is InChI=1S/C19H20N2O/c1-13-7-8-17-16(11-13)9-10-21(17)12-18(22)20-19-14(2)5-4-6-15(19)3/h4-11H,12H2,1-3H3,(H,20,22). The molecule has 0 saturated carbocycles. The van der Waals surface area contributed by atoms with Crippen molar-refractivity contribution < 1.29 is 4.79 Å². The molecule has 3 heteroatoms. The molecular weight excluding hydrogens is 272 g/mol. The van der Waals surface area contributed by atoms with Crippen LogP contribution in [0.2, 0.25) is 0 Å². The predicted molar refractivity (Wildman–Crippen MR) is 91.2 cm³/mol. The van der Waals surface area contributed by atoms with Gasteiger partial charge in [-0.2, -0.15) is 0 Å². The number of carbonyl (C=O) groups is 1. The van der Waals surface area contributed by atoms with E-state index in [4.69, 9.17) is 0 Å². The summed E-state index contributed by atoms with van der Waals surface area (Å²) < 4.78 is 1.98. The molecule has 0 radical (unpaired) electrons. The van der Waals surface area contributed by atoms with Gasteiger partial charge >= 0.3 is 0 Å².